The average Bonchev–Trinajstić information content (AvgIpc) is 3.18. The van der Waals surface area contributed by atoms with Crippen LogP contribution in [-0.2, 0) is 16.1 Å². The van der Waals surface area contributed by atoms with Crippen molar-refractivity contribution in [3.05, 3.63) is 59.1 Å². The number of benzene rings is 2. The number of carbonyl (C=O) groups excluding carboxylic acids is 1. The summed E-state index contributed by atoms with van der Waals surface area (Å²) in [6.45, 7) is 1.89. The van der Waals surface area contributed by atoms with Crippen LogP contribution in [0.2, 0.25) is 5.02 Å². The monoisotopic (exact) mass is 374 g/mol. The maximum atomic E-state index is 12.1. The fourth-order valence-electron chi connectivity index (χ4n) is 2.77. The first-order valence-corrected chi connectivity index (χ1v) is 9.17. The molecule has 0 aliphatic carbocycles. The van der Waals surface area contributed by atoms with Crippen LogP contribution in [0.25, 0.3) is 0 Å². The lowest BCUT2D eigenvalue weighted by Gasteiger charge is -2.15. The van der Waals surface area contributed by atoms with E-state index < -0.39 is 0 Å². The summed E-state index contributed by atoms with van der Waals surface area (Å²) in [5, 5.41) is 6.63. The predicted molar refractivity (Wildman–Crippen MR) is 103 cm³/mol. The van der Waals surface area contributed by atoms with E-state index in [-0.39, 0.29) is 18.6 Å². The number of carbonyl (C=O) groups is 1. The zero-order valence-electron chi connectivity index (χ0n) is 14.5. The van der Waals surface area contributed by atoms with Gasteiger partial charge in [-0.05, 0) is 36.6 Å². The number of ether oxygens (including phenoxy) is 2. The van der Waals surface area contributed by atoms with Gasteiger partial charge in [-0.3, -0.25) is 4.79 Å². The molecule has 0 spiro atoms. The lowest BCUT2D eigenvalue weighted by atomic mass is 10.2. The molecule has 1 heterocycles. The number of amides is 1. The molecule has 0 bridgehead atoms. The summed E-state index contributed by atoms with van der Waals surface area (Å²) in [5.74, 6) is 0.612. The number of hydrogen-bond donors (Lipinski definition) is 2. The summed E-state index contributed by atoms with van der Waals surface area (Å²) in [6.07, 6.45) is 2.27. The first-order chi connectivity index (χ1) is 12.7. The summed E-state index contributed by atoms with van der Waals surface area (Å²) in [7, 11) is 0. The third kappa shape index (κ3) is 5.38. The van der Waals surface area contributed by atoms with Crippen LogP contribution >= 0.6 is 11.6 Å². The van der Waals surface area contributed by atoms with Gasteiger partial charge in [-0.1, -0.05) is 41.9 Å². The first kappa shape index (κ1) is 18.5. The minimum Gasteiger partial charge on any atom is -0.489 e. The Balaban J connectivity index is 1.47. The SMILES string of the molecule is O=C(CNc1ccccc1OCC1CCCO1)NCc1ccccc1Cl. The van der Waals surface area contributed by atoms with Crippen molar-refractivity contribution in [2.75, 3.05) is 25.1 Å². The summed E-state index contributed by atoms with van der Waals surface area (Å²) in [6, 6.07) is 15.1. The van der Waals surface area contributed by atoms with Gasteiger partial charge >= 0.3 is 0 Å². The summed E-state index contributed by atoms with van der Waals surface area (Å²) >= 11 is 6.10. The van der Waals surface area contributed by atoms with E-state index in [0.29, 0.717) is 18.2 Å². The molecule has 2 aromatic carbocycles. The minimum atomic E-state index is -0.112. The molecule has 26 heavy (non-hydrogen) atoms. The molecule has 5 nitrogen and oxygen atoms in total. The molecule has 138 valence electrons. The summed E-state index contributed by atoms with van der Waals surface area (Å²) in [5.41, 5.74) is 1.68. The van der Waals surface area contributed by atoms with E-state index in [2.05, 4.69) is 10.6 Å². The van der Waals surface area contributed by atoms with Gasteiger partial charge in [0.15, 0.2) is 0 Å². The van der Waals surface area contributed by atoms with Gasteiger partial charge in [-0.25, -0.2) is 0 Å². The lowest BCUT2D eigenvalue weighted by molar-refractivity contribution is -0.119. The van der Waals surface area contributed by atoms with Crippen molar-refractivity contribution in [1.82, 2.24) is 5.32 Å². The molecule has 1 aliphatic rings. The normalized spacial score (nSPS) is 16.3. The van der Waals surface area contributed by atoms with Crippen molar-refractivity contribution in [3.63, 3.8) is 0 Å². The van der Waals surface area contributed by atoms with Crippen molar-refractivity contribution in [2.45, 2.75) is 25.5 Å². The molecule has 1 saturated heterocycles. The number of rotatable bonds is 8. The Hall–Kier alpha value is -2.24. The Labute approximate surface area is 158 Å². The van der Waals surface area contributed by atoms with Gasteiger partial charge in [-0.15, -0.1) is 0 Å². The highest BCUT2D eigenvalue weighted by molar-refractivity contribution is 6.31. The smallest absolute Gasteiger partial charge is 0.239 e. The molecule has 1 amide bonds. The van der Waals surface area contributed by atoms with Gasteiger partial charge in [0.05, 0.1) is 18.3 Å². The lowest BCUT2D eigenvalue weighted by Crippen LogP contribution is -2.29. The van der Waals surface area contributed by atoms with E-state index in [9.17, 15) is 4.79 Å². The van der Waals surface area contributed by atoms with Crippen LogP contribution < -0.4 is 15.4 Å². The number of para-hydroxylation sites is 2. The zero-order valence-corrected chi connectivity index (χ0v) is 15.3. The highest BCUT2D eigenvalue weighted by Gasteiger charge is 2.16. The van der Waals surface area contributed by atoms with Crippen molar-refractivity contribution in [2.24, 2.45) is 0 Å². The van der Waals surface area contributed by atoms with Crippen LogP contribution in [0.4, 0.5) is 5.69 Å². The maximum Gasteiger partial charge on any atom is 0.239 e. The van der Waals surface area contributed by atoms with Crippen LogP contribution in [0.5, 0.6) is 5.75 Å². The Morgan fingerprint density at radius 1 is 1.19 bits per heavy atom. The second-order valence-corrected chi connectivity index (χ2v) is 6.57. The fraction of sp³-hybridized carbons (Fsp3) is 0.350. The third-order valence-electron chi connectivity index (χ3n) is 4.21. The number of halogens is 1. The van der Waals surface area contributed by atoms with E-state index >= 15 is 0 Å². The minimum absolute atomic E-state index is 0.112. The highest BCUT2D eigenvalue weighted by atomic mass is 35.5. The van der Waals surface area contributed by atoms with Gasteiger partial charge in [-0.2, -0.15) is 0 Å². The molecular formula is C20H23ClN2O3. The first-order valence-electron chi connectivity index (χ1n) is 8.80. The van der Waals surface area contributed by atoms with E-state index in [0.717, 1.165) is 36.4 Å². The Bertz CT molecular complexity index is 733. The Morgan fingerprint density at radius 2 is 2.00 bits per heavy atom. The van der Waals surface area contributed by atoms with Crippen molar-refractivity contribution >= 4 is 23.2 Å². The van der Waals surface area contributed by atoms with Gasteiger partial charge in [0, 0.05) is 18.2 Å². The third-order valence-corrected chi connectivity index (χ3v) is 4.58. The molecule has 0 saturated carbocycles. The summed E-state index contributed by atoms with van der Waals surface area (Å²) in [4.78, 5) is 12.1. The highest BCUT2D eigenvalue weighted by Crippen LogP contribution is 2.24. The van der Waals surface area contributed by atoms with Gasteiger partial charge < -0.3 is 20.1 Å². The van der Waals surface area contributed by atoms with Crippen molar-refractivity contribution < 1.29 is 14.3 Å². The molecule has 1 atom stereocenters. The molecule has 1 fully saturated rings. The molecule has 6 heteroatoms. The quantitative estimate of drug-likeness (QED) is 0.740. The standard InChI is InChI=1S/C20H23ClN2O3/c21-17-8-2-1-6-15(17)12-23-20(24)13-22-18-9-3-4-10-19(18)26-14-16-7-5-11-25-16/h1-4,6,8-10,16,22H,5,7,11-14H2,(H,23,24). The Kier molecular flexibility index (Phi) is 6.75. The largest absolute Gasteiger partial charge is 0.489 e. The summed E-state index contributed by atoms with van der Waals surface area (Å²) < 4.78 is 11.4. The molecule has 3 rings (SSSR count). The van der Waals surface area contributed by atoms with Crippen molar-refractivity contribution in [1.29, 1.82) is 0 Å². The van der Waals surface area contributed by atoms with Crippen LogP contribution in [0.1, 0.15) is 18.4 Å². The topological polar surface area (TPSA) is 59.6 Å². The molecule has 0 radical (unpaired) electrons. The van der Waals surface area contributed by atoms with Gasteiger partial charge in [0.25, 0.3) is 0 Å². The molecule has 2 N–H and O–H groups in total. The fourth-order valence-corrected chi connectivity index (χ4v) is 2.97. The van der Waals surface area contributed by atoms with Crippen LogP contribution in [0, 0.1) is 0 Å². The molecule has 2 aromatic rings. The van der Waals surface area contributed by atoms with Crippen LogP contribution in [0.15, 0.2) is 48.5 Å². The average molecular weight is 375 g/mol. The van der Waals surface area contributed by atoms with E-state index in [4.69, 9.17) is 21.1 Å². The zero-order chi connectivity index (χ0) is 18.2. The van der Waals surface area contributed by atoms with Crippen LogP contribution in [0.3, 0.4) is 0 Å². The Morgan fingerprint density at radius 3 is 2.81 bits per heavy atom. The molecule has 1 unspecified atom stereocenters. The van der Waals surface area contributed by atoms with E-state index in [1.54, 1.807) is 0 Å². The van der Waals surface area contributed by atoms with Crippen LogP contribution in [-0.4, -0.2) is 31.8 Å². The number of nitrogens with one attached hydrogen (secondary N) is 2. The number of hydrogen-bond acceptors (Lipinski definition) is 4. The second kappa shape index (κ2) is 9.46. The van der Waals surface area contributed by atoms with E-state index in [1.165, 1.54) is 0 Å². The second-order valence-electron chi connectivity index (χ2n) is 6.16. The van der Waals surface area contributed by atoms with Crippen molar-refractivity contribution in [3.8, 4) is 5.75 Å². The van der Waals surface area contributed by atoms with Gasteiger partial charge in [0.1, 0.15) is 12.4 Å². The van der Waals surface area contributed by atoms with Gasteiger partial charge in [0.2, 0.25) is 5.91 Å². The maximum absolute atomic E-state index is 12.1. The predicted octanol–water partition coefficient (Wildman–Crippen LogP) is 3.63. The number of anilines is 1. The molecular weight excluding hydrogens is 352 g/mol. The molecule has 1 aliphatic heterocycles. The van der Waals surface area contributed by atoms with E-state index in [1.807, 2.05) is 48.5 Å². The molecule has 0 aromatic heterocycles.